The normalized spacial score (nSPS) is 22.0. The van der Waals surface area contributed by atoms with E-state index in [9.17, 15) is 0 Å². The molecule has 0 N–H and O–H groups in total. The number of allylic oxidation sites excluding steroid dienone is 6. The summed E-state index contributed by atoms with van der Waals surface area (Å²) >= 11 is 0. The van der Waals surface area contributed by atoms with Crippen molar-refractivity contribution in [1.82, 2.24) is 4.90 Å². The zero-order valence-corrected chi connectivity index (χ0v) is 13.9. The largest absolute Gasteiger partial charge is 0.309 e. The van der Waals surface area contributed by atoms with Crippen LogP contribution < -0.4 is 0 Å². The van der Waals surface area contributed by atoms with Crippen molar-refractivity contribution in [2.24, 2.45) is 0 Å². The van der Waals surface area contributed by atoms with Crippen molar-refractivity contribution in [1.29, 1.82) is 0 Å². The van der Waals surface area contributed by atoms with Crippen LogP contribution in [0.4, 0.5) is 0 Å². The van der Waals surface area contributed by atoms with Gasteiger partial charge in [-0.2, -0.15) is 0 Å². The zero-order valence-electron chi connectivity index (χ0n) is 13.9. The molecule has 0 saturated heterocycles. The van der Waals surface area contributed by atoms with Crippen LogP contribution >= 0.6 is 0 Å². The van der Waals surface area contributed by atoms with Gasteiger partial charge < -0.3 is 4.90 Å². The van der Waals surface area contributed by atoms with E-state index < -0.39 is 0 Å². The molecule has 116 valence electrons. The van der Waals surface area contributed by atoms with Crippen molar-refractivity contribution in [2.75, 3.05) is 20.6 Å². The number of hydrogen-bond acceptors (Lipinski definition) is 1. The van der Waals surface area contributed by atoms with E-state index in [0.29, 0.717) is 5.92 Å². The van der Waals surface area contributed by atoms with E-state index in [2.05, 4.69) is 67.6 Å². The van der Waals surface area contributed by atoms with Gasteiger partial charge in [0.15, 0.2) is 0 Å². The van der Waals surface area contributed by atoms with Crippen molar-refractivity contribution in [3.8, 4) is 0 Å². The van der Waals surface area contributed by atoms with Gasteiger partial charge in [-0.1, -0.05) is 54.1 Å². The third kappa shape index (κ3) is 3.59. The maximum Gasteiger partial charge on any atom is 0.00246 e. The Bertz CT molecular complexity index is 604. The van der Waals surface area contributed by atoms with Gasteiger partial charge in [-0.05, 0) is 69.4 Å². The standard InChI is InChI=1S/C21H27N/c1-22(2)15-7-11-18-14-13-17-8-3-4-9-19(17)16-20-10-5-6-12-21(18)20/h3,5-6,8,10,12-14,18H,4,7,9,11,15-16H2,1-2H3/b14-13-. The topological polar surface area (TPSA) is 3.24 Å². The summed E-state index contributed by atoms with van der Waals surface area (Å²) in [7, 11) is 4.32. The molecule has 1 aromatic carbocycles. The van der Waals surface area contributed by atoms with Crippen LogP contribution in [0, 0.1) is 0 Å². The third-order valence-corrected chi connectivity index (χ3v) is 4.81. The molecule has 1 aromatic rings. The quantitative estimate of drug-likeness (QED) is 0.765. The molecule has 0 saturated carbocycles. The second-order valence-electron chi connectivity index (χ2n) is 6.79. The van der Waals surface area contributed by atoms with E-state index >= 15 is 0 Å². The highest BCUT2D eigenvalue weighted by molar-refractivity contribution is 5.46. The molecule has 0 amide bonds. The van der Waals surface area contributed by atoms with E-state index in [-0.39, 0.29) is 0 Å². The average Bonchev–Trinajstić information content (AvgIpc) is 2.50. The van der Waals surface area contributed by atoms with Crippen LogP contribution in [0.25, 0.3) is 0 Å². The van der Waals surface area contributed by atoms with Crippen LogP contribution in [0.3, 0.4) is 0 Å². The summed E-state index contributed by atoms with van der Waals surface area (Å²) in [6.07, 6.45) is 15.5. The predicted octanol–water partition coefficient (Wildman–Crippen LogP) is 4.87. The SMILES string of the molecule is CN(C)CCCC1/C=C\C2=C(CCC=C2)Cc2ccccc21. The molecule has 1 heteroatoms. The van der Waals surface area contributed by atoms with Gasteiger partial charge in [0.25, 0.3) is 0 Å². The van der Waals surface area contributed by atoms with Crippen LogP contribution in [0.5, 0.6) is 0 Å². The predicted molar refractivity (Wildman–Crippen MR) is 95.2 cm³/mol. The molecule has 0 bridgehead atoms. The summed E-state index contributed by atoms with van der Waals surface area (Å²) in [4.78, 5) is 2.28. The van der Waals surface area contributed by atoms with Gasteiger partial charge in [0, 0.05) is 5.92 Å². The van der Waals surface area contributed by atoms with E-state index in [1.54, 1.807) is 11.1 Å². The van der Waals surface area contributed by atoms with Crippen molar-refractivity contribution in [2.45, 2.75) is 38.0 Å². The minimum Gasteiger partial charge on any atom is -0.309 e. The fourth-order valence-corrected chi connectivity index (χ4v) is 3.58. The monoisotopic (exact) mass is 293 g/mol. The van der Waals surface area contributed by atoms with E-state index in [0.717, 1.165) is 6.42 Å². The lowest BCUT2D eigenvalue weighted by Crippen LogP contribution is -2.14. The van der Waals surface area contributed by atoms with E-state index in [1.165, 1.54) is 43.4 Å². The van der Waals surface area contributed by atoms with Crippen molar-refractivity contribution in [3.05, 3.63) is 70.8 Å². The molecule has 0 radical (unpaired) electrons. The Kier molecular flexibility index (Phi) is 4.94. The molecule has 0 aliphatic heterocycles. The highest BCUT2D eigenvalue weighted by Gasteiger charge is 2.17. The summed E-state index contributed by atoms with van der Waals surface area (Å²) in [6.45, 7) is 1.17. The first kappa shape index (κ1) is 15.3. The van der Waals surface area contributed by atoms with Crippen molar-refractivity contribution < 1.29 is 0 Å². The first-order valence-electron chi connectivity index (χ1n) is 8.53. The summed E-state index contributed by atoms with van der Waals surface area (Å²) in [5, 5.41) is 0. The Labute approximate surface area is 135 Å². The first-order valence-corrected chi connectivity index (χ1v) is 8.53. The van der Waals surface area contributed by atoms with E-state index in [4.69, 9.17) is 0 Å². The lowest BCUT2D eigenvalue weighted by atomic mass is 9.82. The van der Waals surface area contributed by atoms with Crippen molar-refractivity contribution in [3.63, 3.8) is 0 Å². The van der Waals surface area contributed by atoms with Gasteiger partial charge in [-0.25, -0.2) is 0 Å². The Hall–Kier alpha value is -1.60. The van der Waals surface area contributed by atoms with Crippen molar-refractivity contribution >= 4 is 0 Å². The molecule has 0 spiro atoms. The Morgan fingerprint density at radius 3 is 2.86 bits per heavy atom. The van der Waals surface area contributed by atoms with Gasteiger partial charge >= 0.3 is 0 Å². The minimum atomic E-state index is 0.556. The minimum absolute atomic E-state index is 0.556. The highest BCUT2D eigenvalue weighted by Crippen LogP contribution is 2.33. The van der Waals surface area contributed by atoms with Crippen LogP contribution in [0.15, 0.2) is 59.7 Å². The molecule has 0 fully saturated rings. The van der Waals surface area contributed by atoms with Crippen LogP contribution in [0.2, 0.25) is 0 Å². The van der Waals surface area contributed by atoms with Crippen LogP contribution in [-0.4, -0.2) is 25.5 Å². The summed E-state index contributed by atoms with van der Waals surface area (Å²) in [6, 6.07) is 9.06. The molecule has 2 aliphatic carbocycles. The fourth-order valence-electron chi connectivity index (χ4n) is 3.58. The van der Waals surface area contributed by atoms with E-state index in [1.807, 2.05) is 0 Å². The van der Waals surface area contributed by atoms with Crippen LogP contribution in [-0.2, 0) is 6.42 Å². The Morgan fingerprint density at radius 1 is 1.14 bits per heavy atom. The molecule has 0 heterocycles. The molecular formula is C21H27N. The molecular weight excluding hydrogens is 266 g/mol. The lowest BCUT2D eigenvalue weighted by molar-refractivity contribution is 0.390. The number of fused-ring (bicyclic) bond motifs is 1. The lowest BCUT2D eigenvalue weighted by Gasteiger charge is -2.23. The fraction of sp³-hybridized carbons (Fsp3) is 0.429. The smallest absolute Gasteiger partial charge is 0.00246 e. The van der Waals surface area contributed by atoms with Gasteiger partial charge in [0.2, 0.25) is 0 Å². The van der Waals surface area contributed by atoms with Gasteiger partial charge in [-0.3, -0.25) is 0 Å². The number of hydrogen-bond donors (Lipinski definition) is 0. The molecule has 2 aliphatic rings. The summed E-state index contributed by atoms with van der Waals surface area (Å²) < 4.78 is 0. The van der Waals surface area contributed by atoms with Crippen LogP contribution in [0.1, 0.15) is 42.7 Å². The molecule has 1 atom stereocenters. The number of nitrogens with zero attached hydrogens (tertiary/aromatic N) is 1. The van der Waals surface area contributed by atoms with Gasteiger partial charge in [0.1, 0.15) is 0 Å². The molecule has 1 nitrogen and oxygen atoms in total. The molecule has 1 unspecified atom stereocenters. The molecule has 0 aromatic heterocycles. The summed E-state index contributed by atoms with van der Waals surface area (Å²) in [5.41, 5.74) is 6.14. The Balaban J connectivity index is 1.88. The molecule has 3 rings (SSSR count). The second-order valence-corrected chi connectivity index (χ2v) is 6.79. The maximum atomic E-state index is 2.44. The Morgan fingerprint density at radius 2 is 2.00 bits per heavy atom. The average molecular weight is 293 g/mol. The van der Waals surface area contributed by atoms with Gasteiger partial charge in [-0.15, -0.1) is 0 Å². The summed E-state index contributed by atoms with van der Waals surface area (Å²) in [5.74, 6) is 0.556. The highest BCUT2D eigenvalue weighted by atomic mass is 15.0. The molecule has 22 heavy (non-hydrogen) atoms. The van der Waals surface area contributed by atoms with Gasteiger partial charge in [0.05, 0.1) is 0 Å². The maximum absolute atomic E-state index is 2.44. The number of rotatable bonds is 4. The first-order chi connectivity index (χ1) is 10.7. The zero-order chi connectivity index (χ0) is 15.4. The second kappa shape index (κ2) is 7.11. The number of benzene rings is 1. The third-order valence-electron chi connectivity index (χ3n) is 4.81.